The molecule has 6 heteroatoms. The van der Waals surface area contributed by atoms with Crippen LogP contribution in [0.3, 0.4) is 0 Å². The topological polar surface area (TPSA) is 63.0 Å². The summed E-state index contributed by atoms with van der Waals surface area (Å²) in [6, 6.07) is 9.55. The molecule has 2 aromatic rings. The number of aryl methyl sites for hydroxylation is 1. The molecule has 0 bridgehead atoms. The van der Waals surface area contributed by atoms with Crippen molar-refractivity contribution in [1.82, 2.24) is 4.98 Å². The lowest BCUT2D eigenvalue weighted by Gasteiger charge is -2.15. The lowest BCUT2D eigenvalue weighted by molar-refractivity contribution is -0.125. The number of thiazole rings is 1. The number of hydrogen-bond donors (Lipinski definition) is 0. The van der Waals surface area contributed by atoms with Crippen molar-refractivity contribution in [3.63, 3.8) is 0 Å². The zero-order valence-corrected chi connectivity index (χ0v) is 14.2. The van der Waals surface area contributed by atoms with Crippen molar-refractivity contribution in [2.45, 2.75) is 30.8 Å². The summed E-state index contributed by atoms with van der Waals surface area (Å²) in [7, 11) is 0. The van der Waals surface area contributed by atoms with E-state index in [2.05, 4.69) is 4.98 Å². The molecule has 0 radical (unpaired) electrons. The van der Waals surface area contributed by atoms with Gasteiger partial charge in [-0.25, -0.2) is 4.98 Å². The Balaban J connectivity index is 2.08. The Morgan fingerprint density at radius 1 is 1.41 bits per heavy atom. The number of Topliss-reactive ketones (excluding diaryl/α,β-unsaturated/α-hetero) is 1. The third kappa shape index (κ3) is 3.87. The predicted octanol–water partition coefficient (Wildman–Crippen LogP) is 3.82. The molecule has 0 aliphatic rings. The van der Waals surface area contributed by atoms with E-state index in [9.17, 15) is 10.1 Å². The Morgan fingerprint density at radius 3 is 2.59 bits per heavy atom. The second-order valence-corrected chi connectivity index (χ2v) is 6.50. The number of carbonyl (C=O) groups excluding carboxylic acids is 1. The van der Waals surface area contributed by atoms with Gasteiger partial charge in [0, 0.05) is 16.0 Å². The van der Waals surface area contributed by atoms with Gasteiger partial charge < -0.3 is 4.74 Å². The first-order chi connectivity index (χ1) is 10.5. The molecule has 114 valence electrons. The van der Waals surface area contributed by atoms with E-state index >= 15 is 0 Å². The first-order valence-corrected chi connectivity index (χ1v) is 8.81. The third-order valence-corrected chi connectivity index (χ3v) is 4.84. The predicted molar refractivity (Wildman–Crippen MR) is 88.5 cm³/mol. The molecule has 0 spiro atoms. The number of carbonyl (C=O) groups is 1. The number of aromatic nitrogens is 1. The maximum atomic E-state index is 12.4. The van der Waals surface area contributed by atoms with Gasteiger partial charge in [0.05, 0.1) is 6.07 Å². The molecule has 0 N–H and O–H groups in total. The molecule has 0 amide bonds. The fraction of sp³-hybridized carbons (Fsp3) is 0.312. The standard InChI is InChI=1S/C16H16N2O2S2/c1-10-9-22-16(18-10)14(8-17)15(19)11(2)20-12-4-6-13(21-3)7-5-12/h4-7,9,11,14H,1-3H3/t11-,14+/m0/s1. The maximum absolute atomic E-state index is 12.4. The summed E-state index contributed by atoms with van der Waals surface area (Å²) in [6.07, 6.45) is 1.30. The highest BCUT2D eigenvalue weighted by molar-refractivity contribution is 7.98. The minimum Gasteiger partial charge on any atom is -0.483 e. The van der Waals surface area contributed by atoms with Crippen LogP contribution in [0.2, 0.25) is 0 Å². The van der Waals surface area contributed by atoms with Crippen molar-refractivity contribution >= 4 is 28.9 Å². The van der Waals surface area contributed by atoms with Gasteiger partial charge in [-0.05, 0) is 44.4 Å². The molecule has 0 saturated carbocycles. The molecule has 0 fully saturated rings. The molecule has 2 atom stereocenters. The van der Waals surface area contributed by atoms with Crippen molar-refractivity contribution in [3.05, 3.63) is 40.3 Å². The Hall–Kier alpha value is -1.84. The van der Waals surface area contributed by atoms with Crippen LogP contribution in [-0.2, 0) is 4.79 Å². The second kappa shape index (κ2) is 7.43. The summed E-state index contributed by atoms with van der Waals surface area (Å²) in [5, 5.41) is 11.6. The number of benzene rings is 1. The monoisotopic (exact) mass is 332 g/mol. The number of nitrogens with zero attached hydrogens (tertiary/aromatic N) is 2. The Morgan fingerprint density at radius 2 is 2.09 bits per heavy atom. The van der Waals surface area contributed by atoms with E-state index in [4.69, 9.17) is 4.74 Å². The maximum Gasteiger partial charge on any atom is 0.196 e. The third-order valence-electron chi connectivity index (χ3n) is 3.07. The Bertz CT molecular complexity index is 689. The molecule has 1 aromatic heterocycles. The van der Waals surface area contributed by atoms with E-state index in [1.807, 2.05) is 48.9 Å². The van der Waals surface area contributed by atoms with Crippen LogP contribution in [0.15, 0.2) is 34.5 Å². The molecule has 0 aliphatic heterocycles. The Kier molecular flexibility index (Phi) is 5.58. The van der Waals surface area contributed by atoms with Crippen LogP contribution in [0.5, 0.6) is 5.75 Å². The summed E-state index contributed by atoms with van der Waals surface area (Å²) >= 11 is 2.96. The van der Waals surface area contributed by atoms with E-state index in [1.165, 1.54) is 11.3 Å². The quantitative estimate of drug-likeness (QED) is 0.753. The van der Waals surface area contributed by atoms with Gasteiger partial charge in [0.25, 0.3) is 0 Å². The fourth-order valence-electron chi connectivity index (χ4n) is 1.90. The van der Waals surface area contributed by atoms with E-state index in [0.717, 1.165) is 10.6 Å². The number of nitriles is 1. The van der Waals surface area contributed by atoms with Crippen LogP contribution in [0.25, 0.3) is 0 Å². The van der Waals surface area contributed by atoms with Crippen LogP contribution < -0.4 is 4.74 Å². The Labute approximate surface area is 138 Å². The van der Waals surface area contributed by atoms with E-state index in [-0.39, 0.29) is 5.78 Å². The van der Waals surface area contributed by atoms with Gasteiger partial charge in [-0.15, -0.1) is 23.1 Å². The van der Waals surface area contributed by atoms with Crippen molar-refractivity contribution in [2.24, 2.45) is 0 Å². The zero-order valence-electron chi connectivity index (χ0n) is 12.6. The highest BCUT2D eigenvalue weighted by Crippen LogP contribution is 2.24. The van der Waals surface area contributed by atoms with Gasteiger partial charge in [0.2, 0.25) is 0 Å². The molecule has 2 rings (SSSR count). The number of hydrogen-bond acceptors (Lipinski definition) is 6. The molecule has 1 heterocycles. The molecule has 4 nitrogen and oxygen atoms in total. The number of rotatable bonds is 6. The van der Waals surface area contributed by atoms with Crippen LogP contribution in [0.1, 0.15) is 23.5 Å². The summed E-state index contributed by atoms with van der Waals surface area (Å²) in [5.41, 5.74) is 0.814. The van der Waals surface area contributed by atoms with Gasteiger partial charge in [-0.2, -0.15) is 5.26 Å². The van der Waals surface area contributed by atoms with Gasteiger partial charge in [-0.3, -0.25) is 4.79 Å². The molecule has 0 aliphatic carbocycles. The SMILES string of the molecule is CSc1ccc(O[C@@H](C)C(=O)[C@@H](C#N)c2nc(C)cs2)cc1. The van der Waals surface area contributed by atoms with Crippen LogP contribution in [0.4, 0.5) is 0 Å². The summed E-state index contributed by atoms with van der Waals surface area (Å²) in [5.74, 6) is -0.532. The van der Waals surface area contributed by atoms with Crippen molar-refractivity contribution < 1.29 is 9.53 Å². The van der Waals surface area contributed by atoms with E-state index < -0.39 is 12.0 Å². The lowest BCUT2D eigenvalue weighted by Crippen LogP contribution is -2.28. The van der Waals surface area contributed by atoms with Crippen LogP contribution in [-0.4, -0.2) is 23.1 Å². The smallest absolute Gasteiger partial charge is 0.196 e. The van der Waals surface area contributed by atoms with Crippen LogP contribution in [0, 0.1) is 18.3 Å². The highest BCUT2D eigenvalue weighted by Gasteiger charge is 2.29. The molecule has 0 unspecified atom stereocenters. The average molecular weight is 332 g/mol. The first-order valence-electron chi connectivity index (χ1n) is 6.71. The minimum atomic E-state index is -0.876. The molecular formula is C16H16N2O2S2. The van der Waals surface area contributed by atoms with Gasteiger partial charge in [0.1, 0.15) is 10.8 Å². The van der Waals surface area contributed by atoms with Crippen LogP contribution >= 0.6 is 23.1 Å². The summed E-state index contributed by atoms with van der Waals surface area (Å²) in [4.78, 5) is 17.8. The number of thioether (sulfide) groups is 1. The summed E-state index contributed by atoms with van der Waals surface area (Å²) in [6.45, 7) is 3.50. The molecule has 0 saturated heterocycles. The lowest BCUT2D eigenvalue weighted by atomic mass is 10.0. The van der Waals surface area contributed by atoms with E-state index in [1.54, 1.807) is 18.7 Å². The van der Waals surface area contributed by atoms with Crippen molar-refractivity contribution in [1.29, 1.82) is 5.26 Å². The number of ketones is 1. The molecular weight excluding hydrogens is 316 g/mol. The van der Waals surface area contributed by atoms with Crippen molar-refractivity contribution in [3.8, 4) is 11.8 Å². The normalized spacial score (nSPS) is 13.2. The van der Waals surface area contributed by atoms with Gasteiger partial charge in [0.15, 0.2) is 17.8 Å². The molecule has 22 heavy (non-hydrogen) atoms. The van der Waals surface area contributed by atoms with Gasteiger partial charge in [-0.1, -0.05) is 0 Å². The highest BCUT2D eigenvalue weighted by atomic mass is 32.2. The first kappa shape index (κ1) is 16.5. The fourth-order valence-corrected chi connectivity index (χ4v) is 3.15. The minimum absolute atomic E-state index is 0.272. The zero-order chi connectivity index (χ0) is 16.1. The van der Waals surface area contributed by atoms with Crippen molar-refractivity contribution in [2.75, 3.05) is 6.26 Å². The molecule has 1 aromatic carbocycles. The summed E-state index contributed by atoms with van der Waals surface area (Å²) < 4.78 is 5.65. The van der Waals surface area contributed by atoms with E-state index in [0.29, 0.717) is 10.8 Å². The average Bonchev–Trinajstić information content (AvgIpc) is 2.95. The second-order valence-electron chi connectivity index (χ2n) is 4.73. The van der Waals surface area contributed by atoms with Gasteiger partial charge >= 0.3 is 0 Å². The largest absolute Gasteiger partial charge is 0.483 e. The number of ether oxygens (including phenoxy) is 1.